The predicted molar refractivity (Wildman–Crippen MR) is 110 cm³/mol. The van der Waals surface area contributed by atoms with Crippen molar-refractivity contribution in [3.05, 3.63) is 51.9 Å². The topological polar surface area (TPSA) is 74.6 Å². The minimum absolute atomic E-state index is 0.240. The first-order valence-electron chi connectivity index (χ1n) is 9.74. The first-order chi connectivity index (χ1) is 13.5. The maximum atomic E-state index is 12.6. The molecular weight excluding hydrogens is 378 g/mol. The van der Waals surface area contributed by atoms with Crippen molar-refractivity contribution >= 4 is 29.1 Å². The molecular formula is C21H26ClN3O3. The van der Waals surface area contributed by atoms with Crippen molar-refractivity contribution in [3.63, 3.8) is 0 Å². The van der Waals surface area contributed by atoms with Crippen LogP contribution in [0, 0.1) is 0 Å². The van der Waals surface area contributed by atoms with Crippen LogP contribution in [0.2, 0.25) is 5.02 Å². The molecule has 0 atom stereocenters. The van der Waals surface area contributed by atoms with Gasteiger partial charge >= 0.3 is 0 Å². The summed E-state index contributed by atoms with van der Waals surface area (Å²) in [7, 11) is 0. The summed E-state index contributed by atoms with van der Waals surface area (Å²) < 4.78 is 5.80. The van der Waals surface area contributed by atoms with E-state index in [0.717, 1.165) is 37.4 Å². The van der Waals surface area contributed by atoms with Gasteiger partial charge in [0.15, 0.2) is 5.76 Å². The van der Waals surface area contributed by atoms with Gasteiger partial charge < -0.3 is 15.1 Å². The normalized spacial score (nSPS) is 14.2. The van der Waals surface area contributed by atoms with Crippen LogP contribution in [0.1, 0.15) is 58.9 Å². The lowest BCUT2D eigenvalue weighted by molar-refractivity contribution is 0.0955. The Labute approximate surface area is 170 Å². The van der Waals surface area contributed by atoms with Crippen LogP contribution in [0.15, 0.2) is 28.7 Å². The molecule has 1 aromatic heterocycles. The smallest absolute Gasteiger partial charge is 0.291 e. The summed E-state index contributed by atoms with van der Waals surface area (Å²) in [6, 6.07) is 6.65. The van der Waals surface area contributed by atoms with Crippen LogP contribution in [-0.4, -0.2) is 36.3 Å². The summed E-state index contributed by atoms with van der Waals surface area (Å²) in [5.41, 5.74) is 1.96. The second-order valence-corrected chi connectivity index (χ2v) is 7.31. The van der Waals surface area contributed by atoms with Gasteiger partial charge in [-0.15, -0.1) is 0 Å². The van der Waals surface area contributed by atoms with E-state index in [2.05, 4.69) is 15.5 Å². The van der Waals surface area contributed by atoms with E-state index in [1.54, 1.807) is 18.2 Å². The number of hydrogen-bond donors (Lipinski definition) is 2. The van der Waals surface area contributed by atoms with Gasteiger partial charge in [-0.05, 0) is 57.1 Å². The van der Waals surface area contributed by atoms with E-state index in [1.165, 1.54) is 12.8 Å². The Balaban J connectivity index is 1.71. The van der Waals surface area contributed by atoms with Crippen LogP contribution in [0.25, 0.3) is 0 Å². The molecule has 1 fully saturated rings. The molecule has 0 radical (unpaired) electrons. The zero-order valence-electron chi connectivity index (χ0n) is 16.3. The highest BCUT2D eigenvalue weighted by atomic mass is 35.5. The van der Waals surface area contributed by atoms with Crippen molar-refractivity contribution in [1.82, 2.24) is 10.2 Å². The molecule has 1 aromatic carbocycles. The Morgan fingerprint density at radius 3 is 2.54 bits per heavy atom. The van der Waals surface area contributed by atoms with Gasteiger partial charge in [0.05, 0.1) is 10.6 Å². The van der Waals surface area contributed by atoms with E-state index in [0.29, 0.717) is 17.8 Å². The van der Waals surface area contributed by atoms with Crippen LogP contribution in [0.5, 0.6) is 0 Å². The van der Waals surface area contributed by atoms with Gasteiger partial charge in [-0.1, -0.05) is 18.5 Å². The Kier molecular flexibility index (Phi) is 6.75. The highest BCUT2D eigenvalue weighted by molar-refractivity contribution is 6.34. The molecule has 7 heteroatoms. The summed E-state index contributed by atoms with van der Waals surface area (Å²) in [4.78, 5) is 26.9. The molecule has 0 bridgehead atoms. The molecule has 0 saturated carbocycles. The van der Waals surface area contributed by atoms with Crippen LogP contribution in [-0.2, 0) is 13.0 Å². The van der Waals surface area contributed by atoms with Crippen molar-refractivity contribution in [3.8, 4) is 0 Å². The number of hydrogen-bond acceptors (Lipinski definition) is 4. The average Bonchev–Trinajstić information content (AvgIpc) is 3.32. The number of nitrogens with zero attached hydrogens (tertiary/aromatic N) is 1. The molecule has 0 unspecified atom stereocenters. The molecule has 3 rings (SSSR count). The number of nitrogens with one attached hydrogen (secondary N) is 2. The van der Waals surface area contributed by atoms with Gasteiger partial charge in [-0.2, -0.15) is 0 Å². The molecule has 2 N–H and O–H groups in total. The number of benzene rings is 1. The van der Waals surface area contributed by atoms with E-state index in [9.17, 15) is 9.59 Å². The number of carbonyl (C=O) groups excluding carboxylic acids is 2. The number of rotatable bonds is 7. The van der Waals surface area contributed by atoms with E-state index in [4.69, 9.17) is 16.0 Å². The number of amides is 2. The second-order valence-electron chi connectivity index (χ2n) is 6.90. The lowest BCUT2D eigenvalue weighted by Crippen LogP contribution is -2.23. The first kappa shape index (κ1) is 20.4. The van der Waals surface area contributed by atoms with Crippen LogP contribution < -0.4 is 10.6 Å². The van der Waals surface area contributed by atoms with Crippen molar-refractivity contribution in [2.45, 2.75) is 39.7 Å². The predicted octanol–water partition coefficient (Wildman–Crippen LogP) is 4.09. The Bertz CT molecular complexity index is 857. The molecule has 1 aliphatic rings. The number of furan rings is 1. The lowest BCUT2D eigenvalue weighted by Gasteiger charge is -2.13. The summed E-state index contributed by atoms with van der Waals surface area (Å²) in [6.07, 6.45) is 3.18. The first-order valence-corrected chi connectivity index (χ1v) is 10.1. The van der Waals surface area contributed by atoms with E-state index < -0.39 is 0 Å². The third kappa shape index (κ3) is 4.75. The van der Waals surface area contributed by atoms with Crippen LogP contribution in [0.4, 0.5) is 5.69 Å². The second kappa shape index (κ2) is 9.26. The van der Waals surface area contributed by atoms with Gasteiger partial charge in [0, 0.05) is 30.8 Å². The zero-order chi connectivity index (χ0) is 20.1. The lowest BCUT2D eigenvalue weighted by atomic mass is 10.1. The number of carbonyl (C=O) groups is 2. The molecule has 1 aliphatic heterocycles. The minimum atomic E-state index is -0.329. The molecule has 0 spiro atoms. The maximum Gasteiger partial charge on any atom is 0.291 e. The number of aryl methyl sites for hydroxylation is 1. The van der Waals surface area contributed by atoms with Crippen LogP contribution in [0.3, 0.4) is 0 Å². The van der Waals surface area contributed by atoms with Crippen molar-refractivity contribution in [2.24, 2.45) is 0 Å². The monoisotopic (exact) mass is 403 g/mol. The molecule has 2 amide bonds. The molecule has 2 heterocycles. The maximum absolute atomic E-state index is 12.6. The molecule has 0 aliphatic carbocycles. The molecule has 2 aromatic rings. The standard InChI is InChI=1S/C21H26ClN3O3/c1-3-18-14(13-25-9-5-6-10-25)11-19(28-18)21(27)24-15-7-8-16(17(22)12-15)20(26)23-4-2/h7-8,11-12H,3-6,9-10,13H2,1-2H3,(H,23,26)(H,24,27). The van der Waals surface area contributed by atoms with Crippen molar-refractivity contribution in [2.75, 3.05) is 25.0 Å². The molecule has 1 saturated heterocycles. The van der Waals surface area contributed by atoms with Crippen molar-refractivity contribution in [1.29, 1.82) is 0 Å². The number of anilines is 1. The Morgan fingerprint density at radius 2 is 1.89 bits per heavy atom. The zero-order valence-corrected chi connectivity index (χ0v) is 17.1. The third-order valence-electron chi connectivity index (χ3n) is 4.84. The summed E-state index contributed by atoms with van der Waals surface area (Å²) in [5, 5.41) is 5.78. The number of halogens is 1. The quantitative estimate of drug-likeness (QED) is 0.730. The van der Waals surface area contributed by atoms with Gasteiger partial charge in [-0.3, -0.25) is 14.5 Å². The highest BCUT2D eigenvalue weighted by Crippen LogP contribution is 2.24. The van der Waals surface area contributed by atoms with E-state index >= 15 is 0 Å². The fraction of sp³-hybridized carbons (Fsp3) is 0.429. The molecule has 28 heavy (non-hydrogen) atoms. The van der Waals surface area contributed by atoms with E-state index in [1.807, 2.05) is 19.9 Å². The third-order valence-corrected chi connectivity index (χ3v) is 5.16. The SMILES string of the molecule is CCNC(=O)c1ccc(NC(=O)c2cc(CN3CCCC3)c(CC)o2)cc1Cl. The number of likely N-dealkylation sites (tertiary alicyclic amines) is 1. The highest BCUT2D eigenvalue weighted by Gasteiger charge is 2.20. The van der Waals surface area contributed by atoms with Crippen molar-refractivity contribution < 1.29 is 14.0 Å². The molecule has 6 nitrogen and oxygen atoms in total. The fourth-order valence-corrected chi connectivity index (χ4v) is 3.68. The summed E-state index contributed by atoms with van der Waals surface area (Å²) in [5.74, 6) is 0.566. The van der Waals surface area contributed by atoms with E-state index in [-0.39, 0.29) is 22.6 Å². The Hall–Kier alpha value is -2.31. The van der Waals surface area contributed by atoms with Gasteiger partial charge in [0.25, 0.3) is 11.8 Å². The van der Waals surface area contributed by atoms with Gasteiger partial charge in [-0.25, -0.2) is 0 Å². The average molecular weight is 404 g/mol. The fourth-order valence-electron chi connectivity index (χ4n) is 3.42. The summed E-state index contributed by atoms with van der Waals surface area (Å²) >= 11 is 6.20. The minimum Gasteiger partial charge on any atom is -0.456 e. The summed E-state index contributed by atoms with van der Waals surface area (Å²) in [6.45, 7) is 7.37. The molecule has 150 valence electrons. The Morgan fingerprint density at radius 1 is 1.14 bits per heavy atom. The van der Waals surface area contributed by atoms with Gasteiger partial charge in [0.2, 0.25) is 0 Å². The van der Waals surface area contributed by atoms with Gasteiger partial charge in [0.1, 0.15) is 5.76 Å². The largest absolute Gasteiger partial charge is 0.456 e. The van der Waals surface area contributed by atoms with Crippen LogP contribution >= 0.6 is 11.6 Å².